The maximum atomic E-state index is 6.05. The molecule has 2 aromatic rings. The molecule has 0 atom stereocenters. The van der Waals surface area contributed by atoms with E-state index in [0.717, 1.165) is 23.1 Å². The van der Waals surface area contributed by atoms with Gasteiger partial charge in [0, 0.05) is 25.7 Å². The molecule has 0 bridgehead atoms. The van der Waals surface area contributed by atoms with Crippen LogP contribution in [-0.2, 0) is 10.6 Å². The Balaban J connectivity index is 2.22. The van der Waals surface area contributed by atoms with E-state index < -0.39 is 0 Å². The molecule has 18 heavy (non-hydrogen) atoms. The van der Waals surface area contributed by atoms with Crippen LogP contribution in [0.2, 0.25) is 0 Å². The average molecular weight is 265 g/mol. The van der Waals surface area contributed by atoms with E-state index in [9.17, 15) is 0 Å². The molecule has 0 spiro atoms. The highest BCUT2D eigenvalue weighted by molar-refractivity contribution is 6.18. The minimum atomic E-state index is 0.459. The first kappa shape index (κ1) is 13.2. The van der Waals surface area contributed by atoms with Crippen molar-refractivity contribution in [3.63, 3.8) is 0 Å². The second-order valence-corrected chi connectivity index (χ2v) is 4.36. The molecule has 0 N–H and O–H groups in total. The summed E-state index contributed by atoms with van der Waals surface area (Å²) in [7, 11) is 1.69. The average Bonchev–Trinajstić information content (AvgIpc) is 2.43. The molecule has 0 saturated carbocycles. The fourth-order valence-corrected chi connectivity index (χ4v) is 2.25. The summed E-state index contributed by atoms with van der Waals surface area (Å²) in [6.07, 6.45) is 0.880. The second kappa shape index (κ2) is 6.62. The van der Waals surface area contributed by atoms with Crippen molar-refractivity contribution in [1.29, 1.82) is 0 Å². The van der Waals surface area contributed by atoms with Gasteiger partial charge in [-0.05, 0) is 16.8 Å². The molecule has 0 radical (unpaired) electrons. The molecule has 0 aromatic heterocycles. The van der Waals surface area contributed by atoms with Crippen molar-refractivity contribution in [2.75, 3.05) is 20.3 Å². The van der Waals surface area contributed by atoms with Gasteiger partial charge in [-0.3, -0.25) is 0 Å². The van der Waals surface area contributed by atoms with Crippen molar-refractivity contribution in [2.24, 2.45) is 0 Å². The summed E-state index contributed by atoms with van der Waals surface area (Å²) in [5.41, 5.74) is 1.06. The van der Waals surface area contributed by atoms with Gasteiger partial charge < -0.3 is 9.47 Å². The molecular formula is C15H17ClO2. The summed E-state index contributed by atoms with van der Waals surface area (Å²) in [6, 6.07) is 12.3. The molecule has 0 aliphatic heterocycles. The van der Waals surface area contributed by atoms with Crippen LogP contribution in [0.15, 0.2) is 36.4 Å². The zero-order valence-corrected chi connectivity index (χ0v) is 11.2. The zero-order valence-electron chi connectivity index (χ0n) is 10.5. The van der Waals surface area contributed by atoms with Gasteiger partial charge in [-0.15, -0.1) is 11.6 Å². The van der Waals surface area contributed by atoms with Crippen molar-refractivity contribution in [1.82, 2.24) is 0 Å². The number of methoxy groups -OCH3 is 1. The number of hydrogen-bond acceptors (Lipinski definition) is 2. The maximum Gasteiger partial charge on any atom is 0.124 e. The van der Waals surface area contributed by atoms with Crippen molar-refractivity contribution < 1.29 is 9.47 Å². The van der Waals surface area contributed by atoms with Gasteiger partial charge in [0.1, 0.15) is 5.75 Å². The Labute approximate surface area is 112 Å². The molecule has 2 aromatic carbocycles. The second-order valence-electron chi connectivity index (χ2n) is 4.09. The fraction of sp³-hybridized carbons (Fsp3) is 0.333. The Morgan fingerprint density at radius 2 is 1.89 bits per heavy atom. The summed E-state index contributed by atoms with van der Waals surface area (Å²) in [5.74, 6) is 1.33. The first-order valence-corrected chi connectivity index (χ1v) is 6.58. The van der Waals surface area contributed by atoms with Crippen molar-refractivity contribution in [3.05, 3.63) is 42.0 Å². The fourth-order valence-electron chi connectivity index (χ4n) is 1.97. The lowest BCUT2D eigenvalue weighted by Gasteiger charge is -2.12. The third-order valence-corrected chi connectivity index (χ3v) is 3.15. The van der Waals surface area contributed by atoms with Gasteiger partial charge in [0.15, 0.2) is 0 Å². The molecule has 2 nitrogen and oxygen atoms in total. The van der Waals surface area contributed by atoms with Crippen LogP contribution in [0, 0.1) is 0 Å². The van der Waals surface area contributed by atoms with E-state index in [-0.39, 0.29) is 0 Å². The van der Waals surface area contributed by atoms with E-state index in [0.29, 0.717) is 19.1 Å². The largest absolute Gasteiger partial charge is 0.493 e. The number of fused-ring (bicyclic) bond motifs is 1. The molecule has 0 aliphatic carbocycles. The Hall–Kier alpha value is -1.25. The summed E-state index contributed by atoms with van der Waals surface area (Å²) in [4.78, 5) is 0. The summed E-state index contributed by atoms with van der Waals surface area (Å²) in [6.45, 7) is 1.36. The SMILES string of the molecule is COCCCOc1ccc2ccccc2c1CCl. The molecule has 0 aliphatic rings. The molecule has 0 saturated heterocycles. The van der Waals surface area contributed by atoms with Crippen molar-refractivity contribution >= 4 is 22.4 Å². The van der Waals surface area contributed by atoms with Gasteiger partial charge >= 0.3 is 0 Å². The smallest absolute Gasteiger partial charge is 0.124 e. The molecule has 3 heteroatoms. The zero-order chi connectivity index (χ0) is 12.8. The minimum absolute atomic E-state index is 0.459. The topological polar surface area (TPSA) is 18.5 Å². The van der Waals surface area contributed by atoms with E-state index in [1.807, 2.05) is 18.2 Å². The van der Waals surface area contributed by atoms with Crippen LogP contribution in [0.1, 0.15) is 12.0 Å². The Bertz CT molecular complexity index is 511. The van der Waals surface area contributed by atoms with E-state index in [1.165, 1.54) is 5.39 Å². The number of alkyl halides is 1. The van der Waals surface area contributed by atoms with E-state index >= 15 is 0 Å². The standard InChI is InChI=1S/C15H17ClO2/c1-17-9-4-10-18-15-8-7-12-5-2-3-6-13(12)14(15)11-16/h2-3,5-8H,4,9-11H2,1H3. The first-order chi connectivity index (χ1) is 8.86. The third-order valence-electron chi connectivity index (χ3n) is 2.88. The Kier molecular flexibility index (Phi) is 4.85. The van der Waals surface area contributed by atoms with Crippen LogP contribution in [0.5, 0.6) is 5.75 Å². The molecular weight excluding hydrogens is 248 g/mol. The predicted molar refractivity (Wildman–Crippen MR) is 75.5 cm³/mol. The monoisotopic (exact) mass is 264 g/mol. The molecule has 0 amide bonds. The van der Waals surface area contributed by atoms with Gasteiger partial charge in [-0.25, -0.2) is 0 Å². The Morgan fingerprint density at radius 3 is 2.67 bits per heavy atom. The van der Waals surface area contributed by atoms with Crippen LogP contribution in [-0.4, -0.2) is 20.3 Å². The number of rotatable bonds is 6. The van der Waals surface area contributed by atoms with Gasteiger partial charge in [-0.1, -0.05) is 30.3 Å². The Morgan fingerprint density at radius 1 is 1.06 bits per heavy atom. The highest BCUT2D eigenvalue weighted by Crippen LogP contribution is 2.29. The summed E-state index contributed by atoms with van der Waals surface area (Å²) >= 11 is 6.05. The van der Waals surface area contributed by atoms with Crippen LogP contribution >= 0.6 is 11.6 Å². The lowest BCUT2D eigenvalue weighted by atomic mass is 10.0. The summed E-state index contributed by atoms with van der Waals surface area (Å²) < 4.78 is 10.8. The minimum Gasteiger partial charge on any atom is -0.493 e. The molecule has 0 unspecified atom stereocenters. The lowest BCUT2D eigenvalue weighted by Crippen LogP contribution is -2.03. The normalized spacial score (nSPS) is 10.8. The highest BCUT2D eigenvalue weighted by atomic mass is 35.5. The van der Waals surface area contributed by atoms with Crippen molar-refractivity contribution in [3.8, 4) is 5.75 Å². The number of halogens is 1. The first-order valence-electron chi connectivity index (χ1n) is 6.05. The predicted octanol–water partition coefficient (Wildman–Crippen LogP) is 3.99. The van der Waals surface area contributed by atoms with Crippen LogP contribution in [0.25, 0.3) is 10.8 Å². The molecule has 0 heterocycles. The van der Waals surface area contributed by atoms with Gasteiger partial charge in [0.2, 0.25) is 0 Å². The van der Waals surface area contributed by atoms with E-state index in [2.05, 4.69) is 18.2 Å². The number of benzene rings is 2. The number of hydrogen-bond donors (Lipinski definition) is 0. The molecule has 96 valence electrons. The van der Waals surface area contributed by atoms with Crippen molar-refractivity contribution in [2.45, 2.75) is 12.3 Å². The molecule has 0 fully saturated rings. The number of ether oxygens (including phenoxy) is 2. The summed E-state index contributed by atoms with van der Waals surface area (Å²) in [5, 5.41) is 2.36. The quantitative estimate of drug-likeness (QED) is 0.580. The van der Waals surface area contributed by atoms with Crippen LogP contribution in [0.4, 0.5) is 0 Å². The molecule has 2 rings (SSSR count). The lowest BCUT2D eigenvalue weighted by molar-refractivity contribution is 0.172. The van der Waals surface area contributed by atoms with Crippen LogP contribution in [0.3, 0.4) is 0 Å². The van der Waals surface area contributed by atoms with E-state index in [1.54, 1.807) is 7.11 Å². The van der Waals surface area contributed by atoms with Gasteiger partial charge in [0.25, 0.3) is 0 Å². The third kappa shape index (κ3) is 2.95. The maximum absolute atomic E-state index is 6.05. The van der Waals surface area contributed by atoms with Gasteiger partial charge in [-0.2, -0.15) is 0 Å². The highest BCUT2D eigenvalue weighted by Gasteiger charge is 2.07. The van der Waals surface area contributed by atoms with Crippen LogP contribution < -0.4 is 4.74 Å². The van der Waals surface area contributed by atoms with Gasteiger partial charge in [0.05, 0.1) is 12.5 Å². The van der Waals surface area contributed by atoms with E-state index in [4.69, 9.17) is 21.1 Å².